The fourth-order valence-electron chi connectivity index (χ4n) is 17.0. The summed E-state index contributed by atoms with van der Waals surface area (Å²) in [4.78, 5) is 114. The van der Waals surface area contributed by atoms with Crippen molar-refractivity contribution in [3.63, 3.8) is 0 Å². The van der Waals surface area contributed by atoms with Gasteiger partial charge >= 0.3 is 48.1 Å². The zero-order valence-corrected chi connectivity index (χ0v) is 78.6. The number of hydrogen-bond acceptors (Lipinski definition) is 25. The summed E-state index contributed by atoms with van der Waals surface area (Å²) in [6.07, 6.45) is 10.1. The van der Waals surface area contributed by atoms with Gasteiger partial charge in [0.2, 0.25) is 0 Å². The van der Waals surface area contributed by atoms with Crippen molar-refractivity contribution in [2.45, 2.75) is 220 Å². The van der Waals surface area contributed by atoms with Crippen molar-refractivity contribution in [1.29, 1.82) is 0 Å². The van der Waals surface area contributed by atoms with E-state index in [0.717, 1.165) is 88.6 Å². The summed E-state index contributed by atoms with van der Waals surface area (Å²) in [6, 6.07) is 67.3. The number of nitrogens with one attached hydrogen (secondary N) is 1. The predicted molar refractivity (Wildman–Crippen MR) is 504 cm³/mol. The van der Waals surface area contributed by atoms with Crippen LogP contribution in [0.3, 0.4) is 0 Å². The fraction of sp³-hybridized carbons (Fsp3) is 0.400. The average molecular weight is 1870 g/mol. The van der Waals surface area contributed by atoms with Gasteiger partial charge in [-0.05, 0) is 259 Å². The molecule has 3 heterocycles. The second-order valence-corrected chi connectivity index (χ2v) is 39.6. The minimum atomic E-state index is -1.02. The molecule has 0 aliphatic heterocycles. The number of nitrogens with two attached hydrogens (primary N) is 1. The van der Waals surface area contributed by atoms with Crippen LogP contribution in [0.15, 0.2) is 237 Å². The maximum absolute atomic E-state index is 13.3. The maximum Gasteiger partial charge on any atom is 0.410 e. The van der Waals surface area contributed by atoms with Gasteiger partial charge in [-0.3, -0.25) is 0 Å². The van der Waals surface area contributed by atoms with E-state index < -0.39 is 52.1 Å². The van der Waals surface area contributed by atoms with Gasteiger partial charge in [-0.2, -0.15) is 15.0 Å². The predicted octanol–water partition coefficient (Wildman–Crippen LogP) is 18.7. The number of oxime groups is 1. The Hall–Kier alpha value is -14.4. The molecule has 11 aromatic rings. The first-order chi connectivity index (χ1) is 65.4. The number of benzene rings is 8. The van der Waals surface area contributed by atoms with E-state index >= 15 is 0 Å². The van der Waals surface area contributed by atoms with Crippen LogP contribution in [0.4, 0.5) is 14.4 Å². The second-order valence-electron chi connectivity index (χ2n) is 39.6. The molecule has 716 valence electrons. The number of rotatable bonds is 28. The van der Waals surface area contributed by atoms with Gasteiger partial charge in [-0.1, -0.05) is 142 Å². The number of ether oxygens (including phenoxy) is 5. The Morgan fingerprint density at radius 2 is 0.664 bits per heavy atom. The number of carboxylic acids is 3. The van der Waals surface area contributed by atoms with Crippen LogP contribution >= 0.6 is 0 Å². The fourth-order valence-corrected chi connectivity index (χ4v) is 17.0. The van der Waals surface area contributed by atoms with Crippen LogP contribution in [0.1, 0.15) is 255 Å². The van der Waals surface area contributed by atoms with E-state index in [1.807, 2.05) is 127 Å². The highest BCUT2D eigenvalue weighted by Gasteiger charge is 2.59. The van der Waals surface area contributed by atoms with E-state index in [1.165, 1.54) is 79.3 Å². The molecule has 32 heteroatoms. The van der Waals surface area contributed by atoms with Crippen LogP contribution in [0, 0.1) is 5.41 Å². The van der Waals surface area contributed by atoms with Crippen LogP contribution in [-0.2, 0) is 39.9 Å². The summed E-state index contributed by atoms with van der Waals surface area (Å²) in [7, 11) is 2.62. The zero-order valence-electron chi connectivity index (χ0n) is 78.6. The highest BCUT2D eigenvalue weighted by molar-refractivity contribution is 5.93. The molecule has 8 atom stereocenters. The molecule has 8 aliphatic carbocycles. The van der Waals surface area contributed by atoms with Crippen LogP contribution < -0.4 is 11.1 Å². The van der Waals surface area contributed by atoms with Crippen molar-refractivity contribution in [2.24, 2.45) is 16.3 Å². The Morgan fingerprint density at radius 1 is 0.387 bits per heavy atom. The molecular weight excluding hydrogens is 1750 g/mol. The highest BCUT2D eigenvalue weighted by Crippen LogP contribution is 2.56. The van der Waals surface area contributed by atoms with Crippen molar-refractivity contribution in [2.75, 3.05) is 40.4 Å². The molecule has 3 amide bonds. The summed E-state index contributed by atoms with van der Waals surface area (Å²) < 4.78 is 42.9. The van der Waals surface area contributed by atoms with E-state index in [0.29, 0.717) is 95.0 Å². The molecule has 4 unspecified atom stereocenters. The van der Waals surface area contributed by atoms with Gasteiger partial charge in [0.1, 0.15) is 22.6 Å². The number of hydrogen-bond donors (Lipinski definition) is 6. The number of amides is 3. The van der Waals surface area contributed by atoms with Crippen molar-refractivity contribution < 1.29 is 96.1 Å². The summed E-state index contributed by atoms with van der Waals surface area (Å²) in [6.45, 7) is 19.1. The lowest BCUT2D eigenvalue weighted by Crippen LogP contribution is -2.45. The highest BCUT2D eigenvalue weighted by atomic mass is 16.6. The smallest absolute Gasteiger partial charge is 0.410 e. The number of carbonyl (C=O) groups is 8. The number of nitrogens with zero attached hydrogens (tertiary/aromatic N) is 10. The molecule has 0 bridgehead atoms. The summed E-state index contributed by atoms with van der Waals surface area (Å²) in [5.41, 5.74) is 11.5. The van der Waals surface area contributed by atoms with E-state index in [1.54, 1.807) is 65.6 Å². The number of esters is 2. The summed E-state index contributed by atoms with van der Waals surface area (Å²) >= 11 is 0. The number of methoxy groups -OCH3 is 2. The normalized spacial score (nSPS) is 20.2. The Labute approximate surface area is 793 Å². The Kier molecular flexibility index (Phi) is 28.5. The molecule has 8 aromatic carbocycles. The quantitative estimate of drug-likeness (QED) is 0.00662. The molecule has 8 fully saturated rings. The lowest BCUT2D eigenvalue weighted by Gasteiger charge is -2.30. The Bertz CT molecular complexity index is 6120. The van der Waals surface area contributed by atoms with Crippen LogP contribution in [-0.4, -0.2) is 201 Å². The molecule has 8 saturated carbocycles. The number of amidine groups is 1. The largest absolute Gasteiger partial charge is 0.478 e. The number of carbonyl (C=O) groups excluding carboxylic acids is 5. The first-order valence-electron chi connectivity index (χ1n) is 46.1. The third kappa shape index (κ3) is 24.5. The number of aromatic nitrogens is 6. The zero-order chi connectivity index (χ0) is 97.5. The van der Waals surface area contributed by atoms with Gasteiger partial charge in [-0.15, -0.1) is 0 Å². The molecule has 7 N–H and O–H groups in total. The van der Waals surface area contributed by atoms with Crippen molar-refractivity contribution >= 4 is 54.0 Å². The van der Waals surface area contributed by atoms with Crippen LogP contribution in [0.2, 0.25) is 0 Å². The van der Waals surface area contributed by atoms with Gasteiger partial charge in [0.05, 0.1) is 52.9 Å². The third-order valence-corrected chi connectivity index (χ3v) is 25.8. The standard InChI is InChI=1S/C28H31N3O5.C27H29N3O5.C22H21N3O3.C19H27N3O3.C9H8O4/c1-27(2,3)35-26(33)31(22-16-21(22)18-8-6-5-7-9-18)17-28(14-15-28)25-29-23(36-30-25)19-10-12-20(13-11-19)24(32)34-4;1-26(2,3)34-25(33)30(21-15-20(21)17-7-5-4-6-8-17)16-27(13-14-27)24-28-22(35-29-24)18-9-11-19(12-10-18)23(31)32;26-20(27)16-8-6-15(7-9-16)19-24-21(25-28-19)22(10-11-22)13-23-18-12-17(18)14-4-2-1-3-5-14;1-18(2,3)25-17(23)22(12-19(9-10-19)16(20)21-24)15-11-14(15)13-7-5-4-6-8-13;1-13-9(12)7-4-2-6(3-5-7)8(10)11/h5-13,21-22H,14-17H2,1-4H3;4-12,20-21H,13-16H2,1-3H3,(H,31,32);1-9,17-18,23H,10-13H2,(H,26,27);4-8,14-15,24H,9-12H2,1-3H3,(H2,20,21);2-5H,1H3,(H,10,11)/t21?,22-;20?,21-;17?,18-;14?,15-;/m0000./s1. The molecule has 0 radical (unpaired) electrons. The second kappa shape index (κ2) is 40.2. The first-order valence-corrected chi connectivity index (χ1v) is 46.1. The minimum absolute atomic E-state index is 0.0351. The lowest BCUT2D eigenvalue weighted by molar-refractivity contribution is 0.0197. The summed E-state index contributed by atoms with van der Waals surface area (Å²) in [5, 5.41) is 55.4. The Morgan fingerprint density at radius 3 is 0.942 bits per heavy atom. The van der Waals surface area contributed by atoms with Crippen molar-refractivity contribution in [3.8, 4) is 34.4 Å². The molecule has 0 spiro atoms. The van der Waals surface area contributed by atoms with Gasteiger partial charge < -0.3 is 83.5 Å². The molecule has 137 heavy (non-hydrogen) atoms. The molecule has 19 rings (SSSR count). The van der Waals surface area contributed by atoms with Gasteiger partial charge in [0.15, 0.2) is 17.5 Å². The van der Waals surface area contributed by atoms with Gasteiger partial charge in [-0.25, -0.2) is 38.4 Å². The van der Waals surface area contributed by atoms with Crippen LogP contribution in [0.25, 0.3) is 34.4 Å². The van der Waals surface area contributed by atoms with E-state index in [9.17, 15) is 38.4 Å². The molecule has 0 saturated heterocycles. The molecule has 8 aliphatic rings. The average Bonchev–Trinajstić information content (AvgIpc) is 1.48. The van der Waals surface area contributed by atoms with Crippen molar-refractivity contribution in [3.05, 3.63) is 286 Å². The monoisotopic (exact) mass is 1860 g/mol. The van der Waals surface area contributed by atoms with Gasteiger partial charge in [0, 0.05) is 102 Å². The lowest BCUT2D eigenvalue weighted by atomic mass is 10.0. The van der Waals surface area contributed by atoms with E-state index in [2.05, 4.69) is 112 Å². The van der Waals surface area contributed by atoms with Gasteiger partial charge in [0.25, 0.3) is 17.7 Å². The maximum atomic E-state index is 13.3. The molecular formula is C105H116N12O20. The topological polar surface area (TPSA) is 441 Å². The number of aromatic carboxylic acids is 3. The SMILES string of the molecule is CC(C)(C)OC(=O)N(CC1(C(N)=NO)CC1)[C@H]1CC1c1ccccc1.CC(C)(C)OC(=O)N(CC1(c2noc(-c3ccc(C(=O)O)cc3)n2)CC1)[C@H]1CC1c1ccccc1.COC(=O)c1ccc(-c2nc(C3(CN(C(=O)OC(C)(C)C)[C@H]4CC4c4ccccc4)CC3)no2)cc1.COC(=O)c1ccc(C(=O)O)cc1.O=C(O)c1ccc(-c2nc(C3(CN[C@H]4CC4c4ccccc4)CC3)no2)cc1. The number of carboxylic acid groups (broad SMARTS) is 3. The first kappa shape index (κ1) is 97.1. The van der Waals surface area contributed by atoms with E-state index in [4.69, 9.17) is 58.8 Å². The Balaban J connectivity index is 0.000000134. The minimum Gasteiger partial charge on any atom is -0.478 e. The summed E-state index contributed by atoms with van der Waals surface area (Å²) in [5.74, 6) is 0.934. The van der Waals surface area contributed by atoms with Crippen molar-refractivity contribution in [1.82, 2.24) is 50.4 Å². The third-order valence-electron chi connectivity index (χ3n) is 25.8. The van der Waals surface area contributed by atoms with E-state index in [-0.39, 0.29) is 81.1 Å². The molecule has 3 aromatic heterocycles. The molecule has 32 nitrogen and oxygen atoms in total. The van der Waals surface area contributed by atoms with Crippen LogP contribution in [0.5, 0.6) is 0 Å².